The van der Waals surface area contributed by atoms with Gasteiger partial charge in [0.15, 0.2) is 0 Å². The highest BCUT2D eigenvalue weighted by Gasteiger charge is 2.35. The van der Waals surface area contributed by atoms with Crippen LogP contribution in [0.2, 0.25) is 0 Å². The molecule has 0 unspecified atom stereocenters. The maximum absolute atomic E-state index is 12.6. The van der Waals surface area contributed by atoms with Crippen molar-refractivity contribution >= 4 is 6.09 Å². The molecule has 1 amide bonds. The van der Waals surface area contributed by atoms with Crippen molar-refractivity contribution in [2.75, 3.05) is 13.2 Å². The Morgan fingerprint density at radius 2 is 2.20 bits per heavy atom. The zero-order valence-corrected chi connectivity index (χ0v) is 9.50. The molecule has 0 aromatic heterocycles. The van der Waals surface area contributed by atoms with Crippen LogP contribution < -0.4 is 5.73 Å². The quantitative estimate of drug-likeness (QED) is 0.721. The summed E-state index contributed by atoms with van der Waals surface area (Å²) in [5.41, 5.74) is 5.13. The molecule has 1 aliphatic heterocycles. The van der Waals surface area contributed by atoms with E-state index in [0.717, 1.165) is 0 Å². The number of ether oxygens (including phenoxy) is 1. The molecule has 0 aromatic rings. The first-order valence-electron chi connectivity index (χ1n) is 5.14. The first-order valence-corrected chi connectivity index (χ1v) is 5.14. The minimum atomic E-state index is -0.563. The lowest BCUT2D eigenvalue weighted by Crippen LogP contribution is -2.41. The highest BCUT2D eigenvalue weighted by molar-refractivity contribution is 5.69. The molecule has 1 rings (SSSR count). The van der Waals surface area contributed by atoms with E-state index in [4.69, 9.17) is 10.5 Å². The summed E-state index contributed by atoms with van der Waals surface area (Å²) in [5.74, 6) is 0. The SMILES string of the molecule is CC(C)(C)OC(=O)N1C[C@H](N)C[C@@H]1CF. The van der Waals surface area contributed by atoms with Crippen molar-refractivity contribution in [3.05, 3.63) is 0 Å². The molecule has 1 fully saturated rings. The molecule has 0 aromatic carbocycles. The standard InChI is InChI=1S/C10H19FN2O2/c1-10(2,3)15-9(14)13-6-7(12)4-8(13)5-11/h7-8H,4-6,12H2,1-3H3/t7-,8-/m1/s1. The number of halogens is 1. The second kappa shape index (κ2) is 4.35. The van der Waals surface area contributed by atoms with Gasteiger partial charge in [-0.05, 0) is 27.2 Å². The summed E-state index contributed by atoms with van der Waals surface area (Å²) in [6, 6.07) is -0.562. The van der Waals surface area contributed by atoms with Crippen molar-refractivity contribution in [1.29, 1.82) is 0 Å². The third-order valence-electron chi connectivity index (χ3n) is 2.25. The monoisotopic (exact) mass is 218 g/mol. The van der Waals surface area contributed by atoms with Gasteiger partial charge in [0.25, 0.3) is 0 Å². The number of alkyl halides is 1. The molecule has 0 bridgehead atoms. The summed E-state index contributed by atoms with van der Waals surface area (Å²) in [6.45, 7) is 5.17. The predicted octanol–water partition coefficient (Wildman–Crippen LogP) is 1.29. The Balaban J connectivity index is 2.59. The molecule has 1 saturated heterocycles. The van der Waals surface area contributed by atoms with Gasteiger partial charge in [0.05, 0.1) is 6.04 Å². The molecule has 0 spiro atoms. The number of hydrogen-bond acceptors (Lipinski definition) is 3. The second-order valence-electron chi connectivity index (χ2n) is 4.94. The largest absolute Gasteiger partial charge is 0.444 e. The maximum Gasteiger partial charge on any atom is 0.410 e. The van der Waals surface area contributed by atoms with Crippen molar-refractivity contribution in [2.24, 2.45) is 5.73 Å². The minimum Gasteiger partial charge on any atom is -0.444 e. The van der Waals surface area contributed by atoms with Gasteiger partial charge in [0, 0.05) is 12.6 Å². The highest BCUT2D eigenvalue weighted by atomic mass is 19.1. The Kier molecular flexibility index (Phi) is 3.54. The Bertz CT molecular complexity index is 240. The summed E-state index contributed by atoms with van der Waals surface area (Å²) in [4.78, 5) is 13.0. The fourth-order valence-electron chi connectivity index (χ4n) is 1.64. The number of nitrogens with zero attached hydrogens (tertiary/aromatic N) is 1. The molecule has 88 valence electrons. The molecular formula is C10H19FN2O2. The fraction of sp³-hybridized carbons (Fsp3) is 0.900. The van der Waals surface area contributed by atoms with E-state index in [1.54, 1.807) is 20.8 Å². The van der Waals surface area contributed by atoms with E-state index in [0.29, 0.717) is 13.0 Å². The molecule has 2 N–H and O–H groups in total. The van der Waals surface area contributed by atoms with Crippen molar-refractivity contribution in [3.63, 3.8) is 0 Å². The smallest absolute Gasteiger partial charge is 0.410 e. The number of likely N-dealkylation sites (tertiary alicyclic amines) is 1. The zero-order valence-electron chi connectivity index (χ0n) is 9.50. The molecule has 4 nitrogen and oxygen atoms in total. The van der Waals surface area contributed by atoms with Crippen molar-refractivity contribution in [1.82, 2.24) is 4.90 Å². The van der Waals surface area contributed by atoms with Gasteiger partial charge in [-0.2, -0.15) is 0 Å². The van der Waals surface area contributed by atoms with Crippen LogP contribution in [0.5, 0.6) is 0 Å². The third kappa shape index (κ3) is 3.34. The number of hydrogen-bond donors (Lipinski definition) is 1. The van der Waals surface area contributed by atoms with Crippen molar-refractivity contribution in [2.45, 2.75) is 44.9 Å². The van der Waals surface area contributed by atoms with Gasteiger partial charge in [-0.1, -0.05) is 0 Å². The Hall–Kier alpha value is -0.840. The average Bonchev–Trinajstić information content (AvgIpc) is 2.43. The lowest BCUT2D eigenvalue weighted by molar-refractivity contribution is 0.0206. The van der Waals surface area contributed by atoms with E-state index in [-0.39, 0.29) is 6.04 Å². The van der Waals surface area contributed by atoms with Gasteiger partial charge in [-0.15, -0.1) is 0 Å². The predicted molar refractivity (Wildman–Crippen MR) is 55.3 cm³/mol. The molecule has 15 heavy (non-hydrogen) atoms. The van der Waals surface area contributed by atoms with Gasteiger partial charge < -0.3 is 15.4 Å². The molecule has 2 atom stereocenters. The Morgan fingerprint density at radius 1 is 1.60 bits per heavy atom. The first kappa shape index (κ1) is 12.2. The van der Waals surface area contributed by atoms with Crippen molar-refractivity contribution in [3.8, 4) is 0 Å². The molecular weight excluding hydrogens is 199 g/mol. The topological polar surface area (TPSA) is 55.6 Å². The van der Waals surface area contributed by atoms with Crippen LogP contribution in [0.1, 0.15) is 27.2 Å². The van der Waals surface area contributed by atoms with Gasteiger partial charge in [0.2, 0.25) is 0 Å². The minimum absolute atomic E-state index is 0.140. The summed E-state index contributed by atoms with van der Waals surface area (Å²) in [6.07, 6.45) is 0.0357. The highest BCUT2D eigenvalue weighted by Crippen LogP contribution is 2.20. The van der Waals surface area contributed by atoms with Crippen LogP contribution in [0.4, 0.5) is 9.18 Å². The molecule has 5 heteroatoms. The Labute approximate surface area is 89.6 Å². The van der Waals surface area contributed by atoms with Gasteiger partial charge in [-0.25, -0.2) is 9.18 Å². The second-order valence-corrected chi connectivity index (χ2v) is 4.94. The number of carbonyl (C=O) groups is 1. The number of carbonyl (C=O) groups excluding carboxylic acids is 1. The van der Waals surface area contributed by atoms with Crippen LogP contribution in [-0.2, 0) is 4.74 Å². The van der Waals surface area contributed by atoms with Crippen LogP contribution in [0.15, 0.2) is 0 Å². The maximum atomic E-state index is 12.6. The Morgan fingerprint density at radius 3 is 2.67 bits per heavy atom. The molecule has 0 saturated carbocycles. The summed E-state index contributed by atoms with van der Waals surface area (Å²) in [5, 5.41) is 0. The number of rotatable bonds is 1. The first-order chi connectivity index (χ1) is 6.83. The van der Waals surface area contributed by atoms with Crippen LogP contribution in [-0.4, -0.2) is 41.9 Å². The third-order valence-corrected chi connectivity index (χ3v) is 2.25. The van der Waals surface area contributed by atoms with E-state index in [1.165, 1.54) is 4.90 Å². The normalized spacial score (nSPS) is 26.9. The van der Waals surface area contributed by atoms with E-state index < -0.39 is 24.4 Å². The average molecular weight is 218 g/mol. The van der Waals surface area contributed by atoms with Crippen LogP contribution >= 0.6 is 0 Å². The summed E-state index contributed by atoms with van der Waals surface area (Å²) < 4.78 is 17.8. The van der Waals surface area contributed by atoms with E-state index >= 15 is 0 Å². The lowest BCUT2D eigenvalue weighted by Gasteiger charge is -2.27. The van der Waals surface area contributed by atoms with Crippen LogP contribution in [0, 0.1) is 0 Å². The number of amides is 1. The molecule has 0 aliphatic carbocycles. The van der Waals surface area contributed by atoms with Gasteiger partial charge in [0.1, 0.15) is 12.3 Å². The molecule has 1 aliphatic rings. The summed E-state index contributed by atoms with van der Waals surface area (Å²) in [7, 11) is 0. The van der Waals surface area contributed by atoms with E-state index in [9.17, 15) is 9.18 Å². The zero-order chi connectivity index (χ0) is 11.6. The van der Waals surface area contributed by atoms with Crippen LogP contribution in [0.3, 0.4) is 0 Å². The van der Waals surface area contributed by atoms with Gasteiger partial charge >= 0.3 is 6.09 Å². The van der Waals surface area contributed by atoms with E-state index in [2.05, 4.69) is 0 Å². The fourth-order valence-corrected chi connectivity index (χ4v) is 1.64. The lowest BCUT2D eigenvalue weighted by atomic mass is 10.2. The van der Waals surface area contributed by atoms with Crippen LogP contribution in [0.25, 0.3) is 0 Å². The number of nitrogens with two attached hydrogens (primary N) is 1. The van der Waals surface area contributed by atoms with E-state index in [1.807, 2.05) is 0 Å². The van der Waals surface area contributed by atoms with Gasteiger partial charge in [-0.3, -0.25) is 0 Å². The molecule has 0 radical (unpaired) electrons. The summed E-state index contributed by atoms with van der Waals surface area (Å²) >= 11 is 0. The van der Waals surface area contributed by atoms with Crippen molar-refractivity contribution < 1.29 is 13.9 Å². The molecule has 1 heterocycles.